The summed E-state index contributed by atoms with van der Waals surface area (Å²) in [6.45, 7) is 0. The van der Waals surface area contributed by atoms with Crippen LogP contribution in [0, 0.1) is 5.82 Å². The first-order chi connectivity index (χ1) is 11.5. The highest BCUT2D eigenvalue weighted by atomic mass is 19.1. The van der Waals surface area contributed by atoms with Crippen molar-refractivity contribution in [2.75, 3.05) is 10.2 Å². The Labute approximate surface area is 137 Å². The normalized spacial score (nSPS) is 23.7. The zero-order valence-corrected chi connectivity index (χ0v) is 12.9. The molecule has 0 radical (unpaired) electrons. The summed E-state index contributed by atoms with van der Waals surface area (Å²) in [5.41, 5.74) is 1.55. The molecule has 0 saturated heterocycles. The van der Waals surface area contributed by atoms with Gasteiger partial charge in [0.1, 0.15) is 5.82 Å². The molecule has 0 aromatic heterocycles. The molecule has 2 aliphatic carbocycles. The molecule has 3 amide bonds. The number of nitrogens with one attached hydrogen (secondary N) is 1. The molecule has 0 unspecified atom stereocenters. The fourth-order valence-electron chi connectivity index (χ4n) is 4.18. The van der Waals surface area contributed by atoms with E-state index in [9.17, 15) is 18.8 Å². The van der Waals surface area contributed by atoms with Crippen molar-refractivity contribution in [2.24, 2.45) is 0 Å². The monoisotopic (exact) mass is 326 g/mol. The first-order valence-electron chi connectivity index (χ1n) is 8.29. The summed E-state index contributed by atoms with van der Waals surface area (Å²) in [6, 6.07) is 2.75. The fraction of sp³-hybridized carbons (Fsp3) is 0.389. The first-order valence-corrected chi connectivity index (χ1v) is 8.29. The number of anilines is 2. The second-order valence-electron chi connectivity index (χ2n) is 7.00. The Kier molecular flexibility index (Phi) is 2.50. The van der Waals surface area contributed by atoms with Crippen LogP contribution in [0.2, 0.25) is 0 Å². The molecule has 1 fully saturated rings. The number of halogens is 1. The maximum atomic E-state index is 14.7. The number of nitrogens with zero attached hydrogens (tertiary/aromatic N) is 1. The van der Waals surface area contributed by atoms with Crippen LogP contribution in [0.1, 0.15) is 44.1 Å². The Morgan fingerprint density at radius 1 is 1.00 bits per heavy atom. The third-order valence-electron chi connectivity index (χ3n) is 5.67. The van der Waals surface area contributed by atoms with Gasteiger partial charge in [0.05, 0.1) is 11.1 Å². The van der Waals surface area contributed by atoms with Gasteiger partial charge in [-0.15, -0.1) is 0 Å². The van der Waals surface area contributed by atoms with E-state index in [4.69, 9.17) is 0 Å². The van der Waals surface area contributed by atoms with Gasteiger partial charge >= 0.3 is 0 Å². The minimum atomic E-state index is -0.627. The van der Waals surface area contributed by atoms with E-state index in [2.05, 4.69) is 5.32 Å². The Morgan fingerprint density at radius 2 is 1.62 bits per heavy atom. The number of carbonyl (C=O) groups is 3. The zero-order valence-electron chi connectivity index (χ0n) is 12.9. The van der Waals surface area contributed by atoms with Gasteiger partial charge in [-0.2, -0.15) is 0 Å². The average molecular weight is 326 g/mol. The van der Waals surface area contributed by atoms with Crippen LogP contribution in [-0.2, 0) is 19.8 Å². The van der Waals surface area contributed by atoms with Gasteiger partial charge in [0.15, 0.2) is 0 Å². The van der Waals surface area contributed by atoms with Crippen LogP contribution in [-0.4, -0.2) is 17.7 Å². The summed E-state index contributed by atoms with van der Waals surface area (Å²) < 4.78 is 14.7. The van der Waals surface area contributed by atoms with Gasteiger partial charge in [0.2, 0.25) is 5.91 Å². The molecule has 1 aromatic rings. The van der Waals surface area contributed by atoms with Gasteiger partial charge in [0.25, 0.3) is 11.8 Å². The summed E-state index contributed by atoms with van der Waals surface area (Å²) in [5.74, 6) is -1.58. The molecule has 4 aliphatic rings. The Balaban J connectivity index is 1.60. The molecular formula is C18H15FN2O3. The van der Waals surface area contributed by atoms with Crippen molar-refractivity contribution in [3.63, 3.8) is 0 Å². The number of imide groups is 1. The van der Waals surface area contributed by atoms with E-state index in [1.54, 1.807) is 0 Å². The molecule has 1 spiro atoms. The molecule has 2 heterocycles. The molecule has 5 rings (SSSR count). The molecule has 2 aliphatic heterocycles. The smallest absolute Gasteiger partial charge is 0.261 e. The van der Waals surface area contributed by atoms with Crippen molar-refractivity contribution >= 4 is 29.1 Å². The molecule has 122 valence electrons. The minimum absolute atomic E-state index is 0.0591. The van der Waals surface area contributed by atoms with E-state index in [0.29, 0.717) is 48.1 Å². The number of benzene rings is 1. The van der Waals surface area contributed by atoms with E-state index < -0.39 is 23.0 Å². The molecule has 0 bridgehead atoms. The van der Waals surface area contributed by atoms with Crippen LogP contribution in [0.4, 0.5) is 15.8 Å². The topological polar surface area (TPSA) is 66.5 Å². The number of hydrogen-bond acceptors (Lipinski definition) is 3. The van der Waals surface area contributed by atoms with Crippen molar-refractivity contribution in [2.45, 2.75) is 43.9 Å². The maximum absolute atomic E-state index is 14.7. The third kappa shape index (κ3) is 1.56. The minimum Gasteiger partial charge on any atom is -0.325 e. The summed E-state index contributed by atoms with van der Waals surface area (Å²) in [4.78, 5) is 38.2. The van der Waals surface area contributed by atoms with E-state index in [0.717, 1.165) is 17.7 Å². The lowest BCUT2D eigenvalue weighted by Gasteiger charge is -2.17. The molecular weight excluding hydrogens is 311 g/mol. The summed E-state index contributed by atoms with van der Waals surface area (Å²) in [5, 5.41) is 2.77. The lowest BCUT2D eigenvalue weighted by Crippen LogP contribution is -2.32. The molecule has 24 heavy (non-hydrogen) atoms. The third-order valence-corrected chi connectivity index (χ3v) is 5.67. The lowest BCUT2D eigenvalue weighted by atomic mass is 9.93. The van der Waals surface area contributed by atoms with Crippen molar-refractivity contribution in [1.82, 2.24) is 0 Å². The highest BCUT2D eigenvalue weighted by Gasteiger charge is 2.56. The highest BCUT2D eigenvalue weighted by Crippen LogP contribution is 2.56. The SMILES string of the molecule is O=C1C2=C(CCCC2)C(=O)N1c1cc2c(cc1F)C1(CC1)C(=O)N2. The number of fused-ring (bicyclic) bond motifs is 2. The van der Waals surface area contributed by atoms with Crippen LogP contribution < -0.4 is 10.2 Å². The van der Waals surface area contributed by atoms with Gasteiger partial charge in [-0.25, -0.2) is 9.29 Å². The fourth-order valence-corrected chi connectivity index (χ4v) is 4.18. The molecule has 5 nitrogen and oxygen atoms in total. The van der Waals surface area contributed by atoms with Crippen LogP contribution in [0.3, 0.4) is 0 Å². The van der Waals surface area contributed by atoms with E-state index in [1.807, 2.05) is 0 Å². The number of carbonyl (C=O) groups excluding carboxylic acids is 3. The predicted molar refractivity (Wildman–Crippen MR) is 83.9 cm³/mol. The standard InChI is InChI=1S/C18H15FN2O3/c19-12-7-11-13(20-17(24)18(11)5-6-18)8-14(12)21-15(22)9-3-1-2-4-10(9)16(21)23/h7-8H,1-6H2,(H,20,24). The summed E-state index contributed by atoms with van der Waals surface area (Å²) in [7, 11) is 0. The van der Waals surface area contributed by atoms with Gasteiger partial charge in [-0.1, -0.05) is 0 Å². The van der Waals surface area contributed by atoms with E-state index >= 15 is 0 Å². The number of rotatable bonds is 1. The quantitative estimate of drug-likeness (QED) is 0.807. The first kappa shape index (κ1) is 13.9. The van der Waals surface area contributed by atoms with Crippen LogP contribution in [0.5, 0.6) is 0 Å². The van der Waals surface area contributed by atoms with E-state index in [1.165, 1.54) is 12.1 Å². The second-order valence-corrected chi connectivity index (χ2v) is 7.00. The van der Waals surface area contributed by atoms with Gasteiger partial charge in [-0.05, 0) is 56.2 Å². The largest absolute Gasteiger partial charge is 0.325 e. The molecule has 1 saturated carbocycles. The lowest BCUT2D eigenvalue weighted by molar-refractivity contribution is -0.121. The maximum Gasteiger partial charge on any atom is 0.261 e. The average Bonchev–Trinajstić information content (AvgIpc) is 3.29. The Bertz CT molecular complexity index is 854. The van der Waals surface area contributed by atoms with Gasteiger partial charge in [0, 0.05) is 16.8 Å². The second kappa shape index (κ2) is 4.32. The Morgan fingerprint density at radius 3 is 2.21 bits per heavy atom. The van der Waals surface area contributed by atoms with Gasteiger partial charge in [-0.3, -0.25) is 14.4 Å². The molecule has 6 heteroatoms. The van der Waals surface area contributed by atoms with Crippen molar-refractivity contribution in [3.05, 3.63) is 34.7 Å². The summed E-state index contributed by atoms with van der Waals surface area (Å²) in [6.07, 6.45) is 4.31. The van der Waals surface area contributed by atoms with Crippen LogP contribution >= 0.6 is 0 Å². The number of hydrogen-bond donors (Lipinski definition) is 1. The molecule has 1 N–H and O–H groups in total. The highest BCUT2D eigenvalue weighted by molar-refractivity contribution is 6.33. The number of amides is 3. The van der Waals surface area contributed by atoms with Crippen LogP contribution in [0.25, 0.3) is 0 Å². The van der Waals surface area contributed by atoms with Gasteiger partial charge < -0.3 is 5.32 Å². The van der Waals surface area contributed by atoms with Crippen molar-refractivity contribution < 1.29 is 18.8 Å². The van der Waals surface area contributed by atoms with Crippen molar-refractivity contribution in [3.8, 4) is 0 Å². The van der Waals surface area contributed by atoms with Crippen molar-refractivity contribution in [1.29, 1.82) is 0 Å². The molecule has 0 atom stereocenters. The van der Waals surface area contributed by atoms with E-state index in [-0.39, 0.29) is 11.6 Å². The predicted octanol–water partition coefficient (Wildman–Crippen LogP) is 2.55. The van der Waals surface area contributed by atoms with Crippen LogP contribution in [0.15, 0.2) is 23.3 Å². The Hall–Kier alpha value is -2.50. The molecule has 1 aromatic carbocycles. The summed E-state index contributed by atoms with van der Waals surface area (Å²) >= 11 is 0. The zero-order chi connectivity index (χ0) is 16.6.